The lowest BCUT2D eigenvalue weighted by atomic mass is 9.86. The number of aromatic nitrogens is 1. The number of para-hydroxylation sites is 1. The fourth-order valence-electron chi connectivity index (χ4n) is 1.88. The fraction of sp³-hybridized carbons (Fsp3) is 0.267. The minimum atomic E-state index is 0.102. The molecule has 0 amide bonds. The normalized spacial score (nSPS) is 11.3. The lowest BCUT2D eigenvalue weighted by molar-refractivity contribution is 0.592. The van der Waals surface area contributed by atoms with Crippen molar-refractivity contribution < 1.29 is 0 Å². The number of hydrogen-bond acceptors (Lipinski definition) is 3. The maximum absolute atomic E-state index is 5.58. The summed E-state index contributed by atoms with van der Waals surface area (Å²) in [5.41, 5.74) is 9.02. The third-order valence-electron chi connectivity index (χ3n) is 2.80. The van der Waals surface area contributed by atoms with Crippen molar-refractivity contribution >= 4 is 17.2 Å². The van der Waals surface area contributed by atoms with Gasteiger partial charge in [0, 0.05) is 5.69 Å². The van der Waals surface area contributed by atoms with Crippen molar-refractivity contribution in [3.05, 3.63) is 48.2 Å². The van der Waals surface area contributed by atoms with E-state index in [9.17, 15) is 0 Å². The van der Waals surface area contributed by atoms with Crippen LogP contribution in [0.3, 0.4) is 0 Å². The average Bonchev–Trinajstić information content (AvgIpc) is 2.31. The van der Waals surface area contributed by atoms with E-state index < -0.39 is 0 Å². The Labute approximate surface area is 108 Å². The van der Waals surface area contributed by atoms with Crippen LogP contribution in [-0.4, -0.2) is 4.98 Å². The van der Waals surface area contributed by atoms with Gasteiger partial charge >= 0.3 is 0 Å². The number of anilines is 3. The van der Waals surface area contributed by atoms with Gasteiger partial charge in [0.25, 0.3) is 0 Å². The maximum atomic E-state index is 5.58. The second-order valence-electron chi connectivity index (χ2n) is 5.39. The summed E-state index contributed by atoms with van der Waals surface area (Å²) in [4.78, 5) is 4.08. The number of rotatable bonds is 2. The van der Waals surface area contributed by atoms with Crippen LogP contribution in [0, 0.1) is 0 Å². The van der Waals surface area contributed by atoms with E-state index in [1.807, 2.05) is 12.1 Å². The lowest BCUT2D eigenvalue weighted by Crippen LogP contribution is -2.13. The van der Waals surface area contributed by atoms with E-state index in [0.717, 1.165) is 11.4 Å². The number of nitrogens with one attached hydrogen (secondary N) is 1. The molecule has 1 aromatic heterocycles. The molecule has 2 aromatic rings. The van der Waals surface area contributed by atoms with Gasteiger partial charge < -0.3 is 11.1 Å². The van der Waals surface area contributed by atoms with Crippen LogP contribution < -0.4 is 11.1 Å². The van der Waals surface area contributed by atoms with E-state index in [1.54, 1.807) is 12.3 Å². The predicted octanol–water partition coefficient (Wildman–Crippen LogP) is 3.70. The van der Waals surface area contributed by atoms with Crippen molar-refractivity contribution in [2.75, 3.05) is 11.1 Å². The first-order valence-electron chi connectivity index (χ1n) is 6.05. The molecule has 0 saturated carbocycles. The number of benzene rings is 1. The molecule has 0 spiro atoms. The highest BCUT2D eigenvalue weighted by molar-refractivity contribution is 5.64. The van der Waals surface area contributed by atoms with Gasteiger partial charge in [0.2, 0.25) is 0 Å². The standard InChI is InChI=1S/C15H19N3/c1-15(2,3)12-6-4-5-7-13(12)18-11-8-9-14(16)17-10-11/h4-10,18H,1-3H3,(H2,16,17). The minimum absolute atomic E-state index is 0.102. The molecule has 0 atom stereocenters. The highest BCUT2D eigenvalue weighted by Crippen LogP contribution is 2.31. The molecular weight excluding hydrogens is 222 g/mol. The molecule has 3 nitrogen and oxygen atoms in total. The molecule has 0 radical (unpaired) electrons. The second kappa shape index (κ2) is 4.69. The van der Waals surface area contributed by atoms with Crippen molar-refractivity contribution in [1.82, 2.24) is 4.98 Å². The molecule has 1 aromatic carbocycles. The number of hydrogen-bond donors (Lipinski definition) is 2. The van der Waals surface area contributed by atoms with Crippen LogP contribution in [0.4, 0.5) is 17.2 Å². The molecule has 94 valence electrons. The van der Waals surface area contributed by atoms with Gasteiger partial charge in [0.15, 0.2) is 0 Å². The third kappa shape index (κ3) is 2.80. The van der Waals surface area contributed by atoms with Crippen LogP contribution >= 0.6 is 0 Å². The summed E-state index contributed by atoms with van der Waals surface area (Å²) >= 11 is 0. The summed E-state index contributed by atoms with van der Waals surface area (Å²) < 4.78 is 0. The van der Waals surface area contributed by atoms with Crippen LogP contribution in [0.1, 0.15) is 26.3 Å². The molecule has 1 heterocycles. The Bertz CT molecular complexity index is 524. The second-order valence-corrected chi connectivity index (χ2v) is 5.39. The SMILES string of the molecule is CC(C)(C)c1ccccc1Nc1ccc(N)nc1. The molecule has 0 bridgehead atoms. The lowest BCUT2D eigenvalue weighted by Gasteiger charge is -2.23. The largest absolute Gasteiger partial charge is 0.384 e. The quantitative estimate of drug-likeness (QED) is 0.842. The fourth-order valence-corrected chi connectivity index (χ4v) is 1.88. The van der Waals surface area contributed by atoms with E-state index in [4.69, 9.17) is 5.73 Å². The van der Waals surface area contributed by atoms with E-state index >= 15 is 0 Å². The molecule has 3 heteroatoms. The van der Waals surface area contributed by atoms with Crippen molar-refractivity contribution in [2.45, 2.75) is 26.2 Å². The van der Waals surface area contributed by atoms with Gasteiger partial charge in [0.05, 0.1) is 11.9 Å². The first-order valence-corrected chi connectivity index (χ1v) is 6.05. The number of nitrogen functional groups attached to an aromatic ring is 1. The van der Waals surface area contributed by atoms with Gasteiger partial charge in [-0.15, -0.1) is 0 Å². The van der Waals surface area contributed by atoms with Crippen molar-refractivity contribution in [1.29, 1.82) is 0 Å². The van der Waals surface area contributed by atoms with Crippen LogP contribution in [0.25, 0.3) is 0 Å². The Morgan fingerprint density at radius 2 is 1.78 bits per heavy atom. The molecule has 2 rings (SSSR count). The van der Waals surface area contributed by atoms with Crippen LogP contribution in [-0.2, 0) is 5.41 Å². The third-order valence-corrected chi connectivity index (χ3v) is 2.80. The molecule has 0 fully saturated rings. The molecule has 0 aliphatic rings. The Kier molecular flexibility index (Phi) is 3.24. The topological polar surface area (TPSA) is 50.9 Å². The van der Waals surface area contributed by atoms with Gasteiger partial charge in [-0.2, -0.15) is 0 Å². The van der Waals surface area contributed by atoms with Gasteiger partial charge in [-0.25, -0.2) is 4.98 Å². The van der Waals surface area contributed by atoms with Crippen molar-refractivity contribution in [3.63, 3.8) is 0 Å². The van der Waals surface area contributed by atoms with Gasteiger partial charge in [-0.05, 0) is 29.2 Å². The Hall–Kier alpha value is -2.03. The van der Waals surface area contributed by atoms with Crippen LogP contribution in [0.2, 0.25) is 0 Å². The zero-order valence-electron chi connectivity index (χ0n) is 11.1. The first-order chi connectivity index (χ1) is 8.47. The maximum Gasteiger partial charge on any atom is 0.123 e. The molecule has 3 N–H and O–H groups in total. The number of pyridine rings is 1. The van der Waals surface area contributed by atoms with Gasteiger partial charge in [-0.1, -0.05) is 39.0 Å². The van der Waals surface area contributed by atoms with Gasteiger partial charge in [0.1, 0.15) is 5.82 Å². The molecule has 0 aliphatic carbocycles. The Morgan fingerprint density at radius 3 is 2.39 bits per heavy atom. The van der Waals surface area contributed by atoms with E-state index in [0.29, 0.717) is 5.82 Å². The van der Waals surface area contributed by atoms with Crippen LogP contribution in [0.15, 0.2) is 42.6 Å². The predicted molar refractivity (Wildman–Crippen MR) is 77.1 cm³/mol. The van der Waals surface area contributed by atoms with Gasteiger partial charge in [-0.3, -0.25) is 0 Å². The molecular formula is C15H19N3. The smallest absolute Gasteiger partial charge is 0.123 e. The highest BCUT2D eigenvalue weighted by atomic mass is 14.9. The first kappa shape index (κ1) is 12.4. The summed E-state index contributed by atoms with van der Waals surface area (Å²) in [6.07, 6.45) is 1.74. The summed E-state index contributed by atoms with van der Waals surface area (Å²) in [5, 5.41) is 3.39. The van der Waals surface area contributed by atoms with E-state index in [2.05, 4.69) is 49.3 Å². The zero-order valence-corrected chi connectivity index (χ0v) is 11.1. The molecule has 0 aliphatic heterocycles. The zero-order chi connectivity index (χ0) is 13.2. The van der Waals surface area contributed by atoms with E-state index in [1.165, 1.54) is 5.56 Å². The Balaban J connectivity index is 2.32. The van der Waals surface area contributed by atoms with Crippen LogP contribution in [0.5, 0.6) is 0 Å². The summed E-state index contributed by atoms with van der Waals surface area (Å²) in [5.74, 6) is 0.532. The minimum Gasteiger partial charge on any atom is -0.384 e. The summed E-state index contributed by atoms with van der Waals surface area (Å²) in [7, 11) is 0. The highest BCUT2D eigenvalue weighted by Gasteiger charge is 2.17. The molecule has 0 saturated heterocycles. The summed E-state index contributed by atoms with van der Waals surface area (Å²) in [6.45, 7) is 6.61. The molecule has 0 unspecified atom stereocenters. The average molecular weight is 241 g/mol. The number of nitrogens with zero attached hydrogens (tertiary/aromatic N) is 1. The monoisotopic (exact) mass is 241 g/mol. The Morgan fingerprint density at radius 1 is 1.06 bits per heavy atom. The van der Waals surface area contributed by atoms with Crippen molar-refractivity contribution in [2.24, 2.45) is 0 Å². The summed E-state index contributed by atoms with van der Waals surface area (Å²) in [6, 6.07) is 12.0. The van der Waals surface area contributed by atoms with Crippen molar-refractivity contribution in [3.8, 4) is 0 Å². The number of nitrogens with two attached hydrogens (primary N) is 1. The van der Waals surface area contributed by atoms with E-state index in [-0.39, 0.29) is 5.41 Å². The molecule has 18 heavy (non-hydrogen) atoms.